The zero-order valence-electron chi connectivity index (χ0n) is 10.6. The molecule has 1 fully saturated rings. The van der Waals surface area contributed by atoms with Crippen LogP contribution in [0, 0.1) is 5.92 Å². The maximum Gasteiger partial charge on any atom is 0.0826 e. The van der Waals surface area contributed by atoms with E-state index >= 15 is 0 Å². The minimum Gasteiger partial charge on any atom is -0.374 e. The first kappa shape index (κ1) is 12.9. The van der Waals surface area contributed by atoms with Crippen molar-refractivity contribution in [2.24, 2.45) is 5.92 Å². The second-order valence-electron chi connectivity index (χ2n) is 5.19. The van der Waals surface area contributed by atoms with Gasteiger partial charge in [0.25, 0.3) is 0 Å². The third kappa shape index (κ3) is 5.50. The number of morpholine rings is 1. The predicted octanol–water partition coefficient (Wildman–Crippen LogP) is 1.34. The fourth-order valence-electron chi connectivity index (χ4n) is 2.11. The summed E-state index contributed by atoms with van der Waals surface area (Å²) in [4.78, 5) is 2.34. The van der Waals surface area contributed by atoms with Crippen LogP contribution in [-0.2, 0) is 4.74 Å². The first-order valence-electron chi connectivity index (χ1n) is 6.11. The summed E-state index contributed by atoms with van der Waals surface area (Å²) in [6, 6.07) is 0.598. The lowest BCUT2D eigenvalue weighted by atomic mass is 10.1. The highest BCUT2D eigenvalue weighted by molar-refractivity contribution is 4.73. The standard InChI is InChI=1S/C12H26N2O/c1-10(2)7-11(3)13-8-12-9-14(4)5-6-15-12/h10-13H,5-9H2,1-4H3/t11-,12+/m0/s1. The average molecular weight is 214 g/mol. The molecule has 3 nitrogen and oxygen atoms in total. The van der Waals surface area contributed by atoms with Crippen molar-refractivity contribution in [3.63, 3.8) is 0 Å². The van der Waals surface area contributed by atoms with Crippen LogP contribution in [0.5, 0.6) is 0 Å². The van der Waals surface area contributed by atoms with E-state index in [1.54, 1.807) is 0 Å². The van der Waals surface area contributed by atoms with Crippen LogP contribution < -0.4 is 5.32 Å². The average Bonchev–Trinajstić information content (AvgIpc) is 2.14. The minimum atomic E-state index is 0.373. The molecule has 1 saturated heterocycles. The Labute approximate surface area is 94.2 Å². The van der Waals surface area contributed by atoms with Gasteiger partial charge < -0.3 is 15.0 Å². The third-order valence-electron chi connectivity index (χ3n) is 2.86. The van der Waals surface area contributed by atoms with Crippen LogP contribution in [0.15, 0.2) is 0 Å². The van der Waals surface area contributed by atoms with E-state index in [1.807, 2.05) is 0 Å². The van der Waals surface area contributed by atoms with Gasteiger partial charge in [-0.3, -0.25) is 0 Å². The lowest BCUT2D eigenvalue weighted by Crippen LogP contribution is -2.46. The van der Waals surface area contributed by atoms with Crippen LogP contribution in [0.4, 0.5) is 0 Å². The van der Waals surface area contributed by atoms with E-state index in [2.05, 4.69) is 38.0 Å². The second kappa shape index (κ2) is 6.46. The number of likely N-dealkylation sites (N-methyl/N-ethyl adjacent to an activating group) is 1. The molecule has 0 unspecified atom stereocenters. The lowest BCUT2D eigenvalue weighted by Gasteiger charge is -2.31. The summed E-state index contributed by atoms with van der Waals surface area (Å²) < 4.78 is 5.70. The molecule has 1 aliphatic rings. The molecule has 90 valence electrons. The first-order valence-corrected chi connectivity index (χ1v) is 6.11. The summed E-state index contributed by atoms with van der Waals surface area (Å²) in [5.41, 5.74) is 0. The highest BCUT2D eigenvalue weighted by Crippen LogP contribution is 2.05. The molecule has 2 atom stereocenters. The van der Waals surface area contributed by atoms with Crippen molar-refractivity contribution in [2.75, 3.05) is 33.3 Å². The number of nitrogens with zero attached hydrogens (tertiary/aromatic N) is 1. The van der Waals surface area contributed by atoms with Crippen LogP contribution in [0.2, 0.25) is 0 Å². The molecular weight excluding hydrogens is 188 g/mol. The molecule has 15 heavy (non-hydrogen) atoms. The van der Waals surface area contributed by atoms with Crippen molar-refractivity contribution in [1.29, 1.82) is 0 Å². The SMILES string of the molecule is CC(C)C[C@H](C)NC[C@@H]1CN(C)CCO1. The van der Waals surface area contributed by atoms with E-state index in [9.17, 15) is 0 Å². The topological polar surface area (TPSA) is 24.5 Å². The summed E-state index contributed by atoms with van der Waals surface area (Å²) in [5.74, 6) is 0.766. The molecule has 0 spiro atoms. The van der Waals surface area contributed by atoms with E-state index in [-0.39, 0.29) is 0 Å². The van der Waals surface area contributed by atoms with Crippen LogP contribution in [0.1, 0.15) is 27.2 Å². The van der Waals surface area contributed by atoms with Crippen molar-refractivity contribution in [3.05, 3.63) is 0 Å². The molecular formula is C12H26N2O. The van der Waals surface area contributed by atoms with Crippen LogP contribution in [0.25, 0.3) is 0 Å². The lowest BCUT2D eigenvalue weighted by molar-refractivity contribution is -0.0192. The van der Waals surface area contributed by atoms with E-state index in [0.29, 0.717) is 12.1 Å². The number of rotatable bonds is 5. The molecule has 0 radical (unpaired) electrons. The van der Waals surface area contributed by atoms with Crippen LogP contribution in [-0.4, -0.2) is 50.3 Å². The summed E-state index contributed by atoms with van der Waals surface area (Å²) in [5, 5.41) is 3.55. The van der Waals surface area contributed by atoms with E-state index in [0.717, 1.165) is 32.2 Å². The van der Waals surface area contributed by atoms with E-state index in [4.69, 9.17) is 4.74 Å². The third-order valence-corrected chi connectivity index (χ3v) is 2.86. The van der Waals surface area contributed by atoms with Crippen molar-refractivity contribution in [2.45, 2.75) is 39.3 Å². The Kier molecular flexibility index (Phi) is 5.58. The quantitative estimate of drug-likeness (QED) is 0.747. The van der Waals surface area contributed by atoms with Gasteiger partial charge in [0.1, 0.15) is 0 Å². The fourth-order valence-corrected chi connectivity index (χ4v) is 2.11. The van der Waals surface area contributed by atoms with E-state index < -0.39 is 0 Å². The van der Waals surface area contributed by atoms with Gasteiger partial charge in [-0.2, -0.15) is 0 Å². The van der Waals surface area contributed by atoms with Crippen molar-refractivity contribution in [1.82, 2.24) is 10.2 Å². The maximum atomic E-state index is 5.70. The molecule has 1 rings (SSSR count). The summed E-state index contributed by atoms with van der Waals surface area (Å²) in [6.45, 7) is 10.8. The van der Waals surface area contributed by atoms with Crippen molar-refractivity contribution < 1.29 is 4.74 Å². The van der Waals surface area contributed by atoms with Gasteiger partial charge in [-0.05, 0) is 26.3 Å². The molecule has 1 aliphatic heterocycles. The molecule has 1 heterocycles. The zero-order valence-corrected chi connectivity index (χ0v) is 10.6. The molecule has 3 heteroatoms. The van der Waals surface area contributed by atoms with Crippen LogP contribution >= 0.6 is 0 Å². The zero-order chi connectivity index (χ0) is 11.3. The van der Waals surface area contributed by atoms with Crippen molar-refractivity contribution in [3.8, 4) is 0 Å². The predicted molar refractivity (Wildman–Crippen MR) is 64.2 cm³/mol. The molecule has 0 bridgehead atoms. The van der Waals surface area contributed by atoms with Crippen molar-refractivity contribution >= 4 is 0 Å². The van der Waals surface area contributed by atoms with Gasteiger partial charge in [0.05, 0.1) is 12.7 Å². The Balaban J connectivity index is 2.13. The second-order valence-corrected chi connectivity index (χ2v) is 5.19. The first-order chi connectivity index (χ1) is 7.08. The molecule has 0 aromatic rings. The monoisotopic (exact) mass is 214 g/mol. The minimum absolute atomic E-state index is 0.373. The number of hydrogen-bond donors (Lipinski definition) is 1. The maximum absolute atomic E-state index is 5.70. The number of ether oxygens (including phenoxy) is 1. The molecule has 0 aliphatic carbocycles. The molecule has 0 amide bonds. The Hall–Kier alpha value is -0.120. The fraction of sp³-hybridized carbons (Fsp3) is 1.00. The normalized spacial score (nSPS) is 25.8. The smallest absolute Gasteiger partial charge is 0.0826 e. The largest absolute Gasteiger partial charge is 0.374 e. The number of hydrogen-bond acceptors (Lipinski definition) is 3. The Morgan fingerprint density at radius 1 is 1.40 bits per heavy atom. The molecule has 1 N–H and O–H groups in total. The molecule has 0 saturated carbocycles. The van der Waals surface area contributed by atoms with Gasteiger partial charge in [-0.25, -0.2) is 0 Å². The van der Waals surface area contributed by atoms with Gasteiger partial charge >= 0.3 is 0 Å². The summed E-state index contributed by atoms with van der Waals surface area (Å²) in [6.07, 6.45) is 1.61. The van der Waals surface area contributed by atoms with Crippen LogP contribution in [0.3, 0.4) is 0 Å². The van der Waals surface area contributed by atoms with Gasteiger partial charge in [0.15, 0.2) is 0 Å². The van der Waals surface area contributed by atoms with Gasteiger partial charge in [0, 0.05) is 25.7 Å². The summed E-state index contributed by atoms with van der Waals surface area (Å²) >= 11 is 0. The molecule has 0 aromatic heterocycles. The summed E-state index contributed by atoms with van der Waals surface area (Å²) in [7, 11) is 2.16. The molecule has 0 aromatic carbocycles. The van der Waals surface area contributed by atoms with Gasteiger partial charge in [-0.15, -0.1) is 0 Å². The number of nitrogens with one attached hydrogen (secondary N) is 1. The Morgan fingerprint density at radius 3 is 2.73 bits per heavy atom. The Morgan fingerprint density at radius 2 is 2.13 bits per heavy atom. The van der Waals surface area contributed by atoms with Gasteiger partial charge in [-0.1, -0.05) is 13.8 Å². The van der Waals surface area contributed by atoms with E-state index in [1.165, 1.54) is 6.42 Å². The highest BCUT2D eigenvalue weighted by atomic mass is 16.5. The Bertz CT molecular complexity index is 173. The van der Waals surface area contributed by atoms with Gasteiger partial charge in [0.2, 0.25) is 0 Å². The highest BCUT2D eigenvalue weighted by Gasteiger charge is 2.17.